The third-order valence-electron chi connectivity index (χ3n) is 11.6. The molecule has 0 saturated heterocycles. The van der Waals surface area contributed by atoms with Gasteiger partial charge in [0.15, 0.2) is 17.3 Å². The van der Waals surface area contributed by atoms with Crippen LogP contribution in [0.15, 0.2) is 51.4 Å². The van der Waals surface area contributed by atoms with Crippen LogP contribution >= 0.6 is 0 Å². The largest absolute Gasteiger partial charge is 0.441 e. The Labute approximate surface area is 250 Å². The second-order valence-corrected chi connectivity index (χ2v) is 14.8. The van der Waals surface area contributed by atoms with Crippen molar-refractivity contribution in [1.29, 1.82) is 0 Å². The Bertz CT molecular complexity index is 1720. The van der Waals surface area contributed by atoms with Gasteiger partial charge in [-0.05, 0) is 117 Å². The molecular formula is C35H37FN4O3. The molecule has 7 aliphatic carbocycles. The van der Waals surface area contributed by atoms with Crippen LogP contribution in [0.4, 0.5) is 10.1 Å². The van der Waals surface area contributed by atoms with E-state index >= 15 is 0 Å². The summed E-state index contributed by atoms with van der Waals surface area (Å²) in [7, 11) is 0. The Kier molecular flexibility index (Phi) is 5.28. The quantitative estimate of drug-likeness (QED) is 0.210. The Morgan fingerprint density at radius 3 is 2.42 bits per heavy atom. The zero-order valence-electron chi connectivity index (χ0n) is 24.7. The molecule has 11 rings (SSSR count). The molecule has 222 valence electrons. The summed E-state index contributed by atoms with van der Waals surface area (Å²) in [6.07, 6.45) is 10.6. The predicted octanol–water partition coefficient (Wildman–Crippen LogP) is 7.97. The summed E-state index contributed by atoms with van der Waals surface area (Å²) < 4.78 is 26.1. The number of benzene rings is 2. The smallest absolute Gasteiger partial charge is 0.232 e. The number of aryl methyl sites for hydroxylation is 1. The third kappa shape index (κ3) is 4.19. The van der Waals surface area contributed by atoms with Crippen LogP contribution in [0.1, 0.15) is 101 Å². The number of halogens is 1. The van der Waals surface area contributed by atoms with E-state index in [2.05, 4.69) is 34.4 Å². The molecule has 0 aliphatic heterocycles. The molecule has 2 aromatic heterocycles. The van der Waals surface area contributed by atoms with Crippen molar-refractivity contribution in [2.75, 3.05) is 11.4 Å². The van der Waals surface area contributed by atoms with Gasteiger partial charge in [-0.2, -0.15) is 4.98 Å². The molecule has 0 unspecified atom stereocenters. The van der Waals surface area contributed by atoms with Crippen molar-refractivity contribution < 1.29 is 18.1 Å². The lowest BCUT2D eigenvalue weighted by Crippen LogP contribution is -2.65. The molecule has 7 fully saturated rings. The molecule has 4 bridgehead atoms. The number of hydrogen-bond donors (Lipinski definition) is 0. The SMILES string of the molecule is Cc1nc2ccc(-c3cccc(N(CC45CCC(c6nc(C7CC7)no6)(CC4)CC5)C(=O)CC45CC(F)(C4)C5)c3)cc2o1. The fourth-order valence-electron chi connectivity index (χ4n) is 8.98. The van der Waals surface area contributed by atoms with Crippen LogP contribution in [0.25, 0.3) is 22.2 Å². The van der Waals surface area contributed by atoms with Gasteiger partial charge in [0.2, 0.25) is 11.8 Å². The van der Waals surface area contributed by atoms with E-state index in [0.717, 1.165) is 78.2 Å². The van der Waals surface area contributed by atoms with Crippen LogP contribution in [0, 0.1) is 17.8 Å². The summed E-state index contributed by atoms with van der Waals surface area (Å²) in [4.78, 5) is 25.5. The molecule has 7 saturated carbocycles. The minimum atomic E-state index is -1.01. The van der Waals surface area contributed by atoms with Gasteiger partial charge in [0, 0.05) is 36.9 Å². The third-order valence-corrected chi connectivity index (χ3v) is 11.6. The fourth-order valence-corrected chi connectivity index (χ4v) is 8.98. The Morgan fingerprint density at radius 2 is 1.70 bits per heavy atom. The van der Waals surface area contributed by atoms with Crippen LogP contribution in [0.3, 0.4) is 0 Å². The molecule has 2 heterocycles. The number of fused-ring (bicyclic) bond motifs is 4. The molecule has 7 nitrogen and oxygen atoms in total. The second-order valence-electron chi connectivity index (χ2n) is 14.8. The highest BCUT2D eigenvalue weighted by Gasteiger charge is 2.69. The minimum Gasteiger partial charge on any atom is -0.441 e. The number of alkyl halides is 1. The topological polar surface area (TPSA) is 85.3 Å². The number of oxazole rings is 1. The first kappa shape index (κ1) is 25.9. The van der Waals surface area contributed by atoms with E-state index < -0.39 is 5.67 Å². The molecule has 2 aromatic carbocycles. The van der Waals surface area contributed by atoms with E-state index in [1.165, 1.54) is 12.8 Å². The van der Waals surface area contributed by atoms with E-state index in [9.17, 15) is 9.18 Å². The maximum atomic E-state index is 14.4. The van der Waals surface area contributed by atoms with Crippen molar-refractivity contribution in [2.24, 2.45) is 10.8 Å². The van der Waals surface area contributed by atoms with Crippen molar-refractivity contribution >= 4 is 22.7 Å². The van der Waals surface area contributed by atoms with Crippen LogP contribution in [0.5, 0.6) is 0 Å². The molecule has 0 atom stereocenters. The number of carbonyl (C=O) groups is 1. The van der Waals surface area contributed by atoms with E-state index in [1.54, 1.807) is 0 Å². The lowest BCUT2D eigenvalue weighted by molar-refractivity contribution is -0.215. The average molecular weight is 581 g/mol. The number of amides is 1. The van der Waals surface area contributed by atoms with Gasteiger partial charge in [-0.25, -0.2) is 9.37 Å². The Hall–Kier alpha value is -3.55. The monoisotopic (exact) mass is 580 g/mol. The fraction of sp³-hybridized carbons (Fsp3) is 0.543. The number of carbonyl (C=O) groups excluding carboxylic acids is 1. The summed E-state index contributed by atoms with van der Waals surface area (Å²) in [5, 5.41) is 4.32. The highest BCUT2D eigenvalue weighted by Crippen LogP contribution is 2.71. The average Bonchev–Trinajstić information content (AvgIpc) is 3.58. The van der Waals surface area contributed by atoms with Gasteiger partial charge in [0.1, 0.15) is 11.2 Å². The Morgan fingerprint density at radius 1 is 0.953 bits per heavy atom. The Balaban J connectivity index is 0.999. The first-order valence-electron chi connectivity index (χ1n) is 16.0. The van der Waals surface area contributed by atoms with Gasteiger partial charge in [0.25, 0.3) is 0 Å². The highest BCUT2D eigenvalue weighted by atomic mass is 19.1. The molecule has 0 N–H and O–H groups in total. The van der Waals surface area contributed by atoms with Crippen LogP contribution < -0.4 is 4.90 Å². The van der Waals surface area contributed by atoms with Crippen LogP contribution in [-0.2, 0) is 10.2 Å². The minimum absolute atomic E-state index is 0.0182. The summed E-state index contributed by atoms with van der Waals surface area (Å²) in [6, 6.07) is 14.4. The first-order valence-corrected chi connectivity index (χ1v) is 16.0. The maximum absolute atomic E-state index is 14.4. The molecule has 1 amide bonds. The molecule has 0 radical (unpaired) electrons. The summed E-state index contributed by atoms with van der Waals surface area (Å²) in [5.41, 5.74) is 3.47. The predicted molar refractivity (Wildman–Crippen MR) is 159 cm³/mol. The zero-order valence-corrected chi connectivity index (χ0v) is 24.7. The van der Waals surface area contributed by atoms with E-state index in [1.807, 2.05) is 30.0 Å². The molecule has 8 heteroatoms. The molecule has 43 heavy (non-hydrogen) atoms. The number of rotatable bonds is 8. The van der Waals surface area contributed by atoms with Crippen LogP contribution in [0.2, 0.25) is 0 Å². The second kappa shape index (κ2) is 8.76. The van der Waals surface area contributed by atoms with E-state index in [0.29, 0.717) is 44.0 Å². The lowest BCUT2D eigenvalue weighted by atomic mass is 9.41. The van der Waals surface area contributed by atoms with Crippen molar-refractivity contribution in [1.82, 2.24) is 15.1 Å². The van der Waals surface area contributed by atoms with Gasteiger partial charge in [-0.3, -0.25) is 4.79 Å². The molecular weight excluding hydrogens is 543 g/mol. The van der Waals surface area contributed by atoms with Gasteiger partial charge in [-0.15, -0.1) is 0 Å². The molecule has 0 spiro atoms. The molecule has 4 aromatic rings. The van der Waals surface area contributed by atoms with Gasteiger partial charge in [0.05, 0.1) is 0 Å². The summed E-state index contributed by atoms with van der Waals surface area (Å²) in [5.74, 6) is 3.00. The van der Waals surface area contributed by atoms with E-state index in [4.69, 9.17) is 13.9 Å². The van der Waals surface area contributed by atoms with E-state index in [-0.39, 0.29) is 22.2 Å². The van der Waals surface area contributed by atoms with Crippen molar-refractivity contribution in [3.63, 3.8) is 0 Å². The van der Waals surface area contributed by atoms with Gasteiger partial charge < -0.3 is 13.8 Å². The van der Waals surface area contributed by atoms with Crippen molar-refractivity contribution in [3.8, 4) is 11.1 Å². The number of anilines is 1. The van der Waals surface area contributed by atoms with Crippen LogP contribution in [-0.4, -0.2) is 33.2 Å². The number of hydrogen-bond acceptors (Lipinski definition) is 6. The highest BCUT2D eigenvalue weighted by molar-refractivity contribution is 5.95. The van der Waals surface area contributed by atoms with Crippen molar-refractivity contribution in [3.05, 3.63) is 60.1 Å². The number of nitrogens with zero attached hydrogens (tertiary/aromatic N) is 4. The summed E-state index contributed by atoms with van der Waals surface area (Å²) in [6.45, 7) is 2.55. The lowest BCUT2D eigenvalue weighted by Gasteiger charge is -2.66. The van der Waals surface area contributed by atoms with Gasteiger partial charge in [-0.1, -0.05) is 23.4 Å². The standard InChI is InChI=1S/C35H37FN4O3/c1-22-37-27-8-7-25(16-28(27)42-22)24-3-2-4-26(15-24)40(29(41)17-33-18-35(36,19-33)20-33)21-32-9-12-34(13-10-32,14-11-32)31-38-30(39-43-31)23-5-6-23/h2-4,7-8,15-16,23H,5-6,9-14,17-21H2,1H3. The number of aromatic nitrogens is 3. The summed E-state index contributed by atoms with van der Waals surface area (Å²) >= 11 is 0. The first-order chi connectivity index (χ1) is 20.7. The van der Waals surface area contributed by atoms with Gasteiger partial charge >= 0.3 is 0 Å². The maximum Gasteiger partial charge on any atom is 0.232 e. The van der Waals surface area contributed by atoms with Crippen molar-refractivity contribution in [2.45, 2.75) is 101 Å². The zero-order chi connectivity index (χ0) is 29.0. The normalized spacial score (nSPS) is 32.4. The molecule has 7 aliphatic rings.